The van der Waals surface area contributed by atoms with Gasteiger partial charge in [0.25, 0.3) is 0 Å². The normalized spacial score (nSPS) is 17.6. The Morgan fingerprint density at radius 2 is 1.68 bits per heavy atom. The maximum Gasteiger partial charge on any atom is 0.238 e. The molecule has 2 heterocycles. The molecule has 1 N–H and O–H groups in total. The van der Waals surface area contributed by atoms with E-state index in [1.165, 1.54) is 0 Å². The number of aryl methyl sites for hydroxylation is 2. The summed E-state index contributed by atoms with van der Waals surface area (Å²) < 4.78 is 7.85. The van der Waals surface area contributed by atoms with Crippen LogP contribution < -0.4 is 10.1 Å². The first-order valence-corrected chi connectivity index (χ1v) is 12.3. The Kier molecular flexibility index (Phi) is 6.16. The molecule has 1 aliphatic rings. The summed E-state index contributed by atoms with van der Waals surface area (Å²) in [7, 11) is 0. The molecule has 0 aliphatic carbocycles. The van der Waals surface area contributed by atoms with E-state index in [9.17, 15) is 4.79 Å². The van der Waals surface area contributed by atoms with Crippen molar-refractivity contribution in [3.8, 4) is 11.4 Å². The van der Waals surface area contributed by atoms with Gasteiger partial charge in [0.05, 0.1) is 21.9 Å². The fourth-order valence-corrected chi connectivity index (χ4v) is 5.55. The lowest BCUT2D eigenvalue weighted by atomic mass is 10.0. The lowest BCUT2D eigenvalue weighted by Gasteiger charge is -2.18. The number of benzene rings is 3. The van der Waals surface area contributed by atoms with Gasteiger partial charge in [0, 0.05) is 5.56 Å². The van der Waals surface area contributed by atoms with E-state index in [-0.39, 0.29) is 16.4 Å². The summed E-state index contributed by atoms with van der Waals surface area (Å²) in [6.07, 6.45) is 0. The van der Waals surface area contributed by atoms with Crippen molar-refractivity contribution in [3.63, 3.8) is 0 Å². The van der Waals surface area contributed by atoms with Gasteiger partial charge in [0.15, 0.2) is 0 Å². The zero-order chi connectivity index (χ0) is 23.7. The van der Waals surface area contributed by atoms with E-state index in [1.807, 2.05) is 67.1 Å². The number of nitrogens with zero attached hydrogens (tertiary/aromatic N) is 2. The summed E-state index contributed by atoms with van der Waals surface area (Å²) in [5, 5.41) is 7.78. The van der Waals surface area contributed by atoms with E-state index in [1.54, 1.807) is 11.8 Å². The summed E-state index contributed by atoms with van der Waals surface area (Å²) in [5.74, 6) is 1.57. The van der Waals surface area contributed by atoms with Crippen LogP contribution in [0.25, 0.3) is 5.69 Å². The SMILES string of the molecule is Cc1ccccc1-n1nc(C)c2c1NC(=O)[C@H](C)S[C@@H]2c1ccc(OCc2ccccc2)cc1. The molecule has 1 amide bonds. The topological polar surface area (TPSA) is 56.2 Å². The lowest BCUT2D eigenvalue weighted by molar-refractivity contribution is -0.115. The van der Waals surface area contributed by atoms with Crippen LogP contribution in [0.2, 0.25) is 0 Å². The van der Waals surface area contributed by atoms with Crippen molar-refractivity contribution in [2.75, 3.05) is 5.32 Å². The zero-order valence-corrected chi connectivity index (χ0v) is 20.3. The molecule has 0 saturated carbocycles. The van der Waals surface area contributed by atoms with Crippen LogP contribution >= 0.6 is 11.8 Å². The van der Waals surface area contributed by atoms with E-state index < -0.39 is 0 Å². The van der Waals surface area contributed by atoms with Crippen molar-refractivity contribution in [3.05, 3.63) is 107 Å². The first-order chi connectivity index (χ1) is 16.5. The number of ether oxygens (including phenoxy) is 1. The van der Waals surface area contributed by atoms with E-state index in [4.69, 9.17) is 9.84 Å². The first kappa shape index (κ1) is 22.3. The van der Waals surface area contributed by atoms with E-state index >= 15 is 0 Å². The molecule has 0 bridgehead atoms. The molecular weight excluding hydrogens is 442 g/mol. The molecule has 5 rings (SSSR count). The number of hydrogen-bond acceptors (Lipinski definition) is 4. The van der Waals surface area contributed by atoms with E-state index in [2.05, 4.69) is 42.6 Å². The lowest BCUT2D eigenvalue weighted by Crippen LogP contribution is -2.22. The fourth-order valence-electron chi connectivity index (χ4n) is 4.23. The van der Waals surface area contributed by atoms with Crippen molar-refractivity contribution in [1.82, 2.24) is 9.78 Å². The number of carbonyl (C=O) groups excluding carboxylic acids is 1. The van der Waals surface area contributed by atoms with Gasteiger partial charge in [-0.25, -0.2) is 4.68 Å². The van der Waals surface area contributed by atoms with Crippen LogP contribution in [-0.4, -0.2) is 20.9 Å². The molecule has 4 aromatic rings. The maximum absolute atomic E-state index is 12.9. The standard InChI is InChI=1S/C28H27N3O2S/c1-18-9-7-8-12-24(18)31-27-25(19(2)30-31)26(34-20(3)28(32)29-27)22-13-15-23(16-14-22)33-17-21-10-5-4-6-11-21/h4-16,20,26H,17H2,1-3H3,(H,29,32)/t20-,26+/m0/s1. The highest BCUT2D eigenvalue weighted by Gasteiger charge is 2.34. The highest BCUT2D eigenvalue weighted by atomic mass is 32.2. The van der Waals surface area contributed by atoms with Crippen molar-refractivity contribution in [2.24, 2.45) is 0 Å². The van der Waals surface area contributed by atoms with Crippen LogP contribution in [0.15, 0.2) is 78.9 Å². The van der Waals surface area contributed by atoms with Gasteiger partial charge < -0.3 is 10.1 Å². The second-order valence-electron chi connectivity index (χ2n) is 8.54. The van der Waals surface area contributed by atoms with Crippen LogP contribution in [0, 0.1) is 13.8 Å². The summed E-state index contributed by atoms with van der Waals surface area (Å²) in [6.45, 7) is 6.55. The molecule has 1 aromatic heterocycles. The van der Waals surface area contributed by atoms with Crippen LogP contribution in [0.4, 0.5) is 5.82 Å². The molecule has 0 saturated heterocycles. The van der Waals surface area contributed by atoms with Gasteiger partial charge >= 0.3 is 0 Å². The Bertz CT molecular complexity index is 1320. The van der Waals surface area contributed by atoms with Crippen LogP contribution in [-0.2, 0) is 11.4 Å². The molecule has 0 spiro atoms. The highest BCUT2D eigenvalue weighted by Crippen LogP contribution is 2.46. The van der Waals surface area contributed by atoms with Crippen LogP contribution in [0.5, 0.6) is 5.75 Å². The van der Waals surface area contributed by atoms with Crippen molar-refractivity contribution >= 4 is 23.5 Å². The zero-order valence-electron chi connectivity index (χ0n) is 19.5. The number of aromatic nitrogens is 2. The number of nitrogens with one attached hydrogen (secondary N) is 1. The van der Waals surface area contributed by atoms with Gasteiger partial charge in [0.2, 0.25) is 5.91 Å². The number of carbonyl (C=O) groups is 1. The number of hydrogen-bond donors (Lipinski definition) is 1. The van der Waals surface area contributed by atoms with Gasteiger partial charge in [-0.1, -0.05) is 60.7 Å². The molecule has 0 fully saturated rings. The fraction of sp³-hybridized carbons (Fsp3) is 0.214. The monoisotopic (exact) mass is 469 g/mol. The van der Waals surface area contributed by atoms with Gasteiger partial charge in [-0.15, -0.1) is 11.8 Å². The number of para-hydroxylation sites is 1. The van der Waals surface area contributed by atoms with Crippen LogP contribution in [0.3, 0.4) is 0 Å². The Balaban J connectivity index is 1.49. The average Bonchev–Trinajstić information content (AvgIpc) is 3.10. The molecule has 5 nitrogen and oxygen atoms in total. The van der Waals surface area contributed by atoms with Crippen molar-refractivity contribution in [1.29, 1.82) is 0 Å². The van der Waals surface area contributed by atoms with Crippen molar-refractivity contribution in [2.45, 2.75) is 37.9 Å². The minimum atomic E-state index is -0.198. The maximum atomic E-state index is 12.9. The minimum absolute atomic E-state index is 0.00806. The van der Waals surface area contributed by atoms with E-state index in [0.717, 1.165) is 45.2 Å². The molecule has 3 aromatic carbocycles. The quantitative estimate of drug-likeness (QED) is 0.376. The number of thioether (sulfide) groups is 1. The second kappa shape index (κ2) is 9.39. The number of fused-ring (bicyclic) bond motifs is 1. The average molecular weight is 470 g/mol. The Morgan fingerprint density at radius 1 is 0.971 bits per heavy atom. The largest absolute Gasteiger partial charge is 0.489 e. The second-order valence-corrected chi connectivity index (χ2v) is 9.99. The van der Waals surface area contributed by atoms with E-state index in [0.29, 0.717) is 6.61 Å². The van der Waals surface area contributed by atoms with Gasteiger partial charge in [-0.3, -0.25) is 4.79 Å². The first-order valence-electron chi connectivity index (χ1n) is 11.4. The van der Waals surface area contributed by atoms with Crippen LogP contribution in [0.1, 0.15) is 40.1 Å². The highest BCUT2D eigenvalue weighted by molar-refractivity contribution is 8.01. The molecule has 34 heavy (non-hydrogen) atoms. The molecular formula is C28H27N3O2S. The van der Waals surface area contributed by atoms with Gasteiger partial charge in [-0.05, 0) is 55.7 Å². The third kappa shape index (κ3) is 4.33. The number of rotatable bonds is 5. The smallest absolute Gasteiger partial charge is 0.238 e. The summed E-state index contributed by atoms with van der Waals surface area (Å²) >= 11 is 1.65. The summed E-state index contributed by atoms with van der Waals surface area (Å²) in [5.41, 5.74) is 6.28. The molecule has 6 heteroatoms. The summed E-state index contributed by atoms with van der Waals surface area (Å²) in [6, 6.07) is 26.4. The Morgan fingerprint density at radius 3 is 2.41 bits per heavy atom. The number of amides is 1. The number of anilines is 1. The molecule has 0 radical (unpaired) electrons. The minimum Gasteiger partial charge on any atom is -0.489 e. The van der Waals surface area contributed by atoms with Crippen molar-refractivity contribution < 1.29 is 9.53 Å². The molecule has 0 unspecified atom stereocenters. The molecule has 2 atom stereocenters. The van der Waals surface area contributed by atoms with Gasteiger partial charge in [0.1, 0.15) is 18.2 Å². The third-order valence-electron chi connectivity index (χ3n) is 6.09. The predicted molar refractivity (Wildman–Crippen MR) is 138 cm³/mol. The summed E-state index contributed by atoms with van der Waals surface area (Å²) in [4.78, 5) is 12.9. The third-order valence-corrected chi connectivity index (χ3v) is 7.50. The molecule has 172 valence electrons. The molecule has 1 aliphatic heterocycles. The van der Waals surface area contributed by atoms with Gasteiger partial charge in [-0.2, -0.15) is 5.10 Å². The Labute approximate surface area is 204 Å². The Hall–Kier alpha value is -3.51. The predicted octanol–water partition coefficient (Wildman–Crippen LogP) is 6.23.